The van der Waals surface area contributed by atoms with Crippen molar-refractivity contribution in [3.05, 3.63) is 132 Å². The van der Waals surface area contributed by atoms with Crippen molar-refractivity contribution in [1.82, 2.24) is 19.5 Å². The van der Waals surface area contributed by atoms with E-state index in [-0.39, 0.29) is 39.4 Å². The van der Waals surface area contributed by atoms with Gasteiger partial charge in [-0.1, -0.05) is 123 Å². The van der Waals surface area contributed by atoms with Gasteiger partial charge in [0.25, 0.3) is 0 Å². The molecule has 7 aromatic rings. The van der Waals surface area contributed by atoms with Crippen LogP contribution in [0.5, 0.6) is 0 Å². The van der Waals surface area contributed by atoms with Gasteiger partial charge in [0.05, 0.1) is 24.7 Å². The molecule has 8 rings (SSSR count). The van der Waals surface area contributed by atoms with Gasteiger partial charge in [0.1, 0.15) is 0 Å². The maximum absolute atomic E-state index is 9.52. The fourth-order valence-electron chi connectivity index (χ4n) is 5.20. The number of rotatable bonds is 3. The third kappa shape index (κ3) is 3.23. The smallest absolute Gasteiger partial charge is 0.238 e. The number of benzene rings is 5. The van der Waals surface area contributed by atoms with Crippen molar-refractivity contribution >= 4 is 21.8 Å². The number of hydrogen-bond acceptors (Lipinski definition) is 3. The lowest BCUT2D eigenvalue weighted by Crippen LogP contribution is -2.14. The number of aromatic nitrogens is 4. The molecule has 0 fully saturated rings. The molecule has 2 heterocycles. The Morgan fingerprint density at radius 3 is 2.00 bits per heavy atom. The van der Waals surface area contributed by atoms with Crippen molar-refractivity contribution in [3.63, 3.8) is 0 Å². The zero-order valence-corrected chi connectivity index (χ0v) is 20.6. The van der Waals surface area contributed by atoms with Crippen LogP contribution in [-0.4, -0.2) is 19.5 Å². The van der Waals surface area contributed by atoms with Gasteiger partial charge < -0.3 is 0 Å². The van der Waals surface area contributed by atoms with E-state index in [9.17, 15) is 5.48 Å². The molecular formula is C36H26N4. The highest BCUT2D eigenvalue weighted by atomic mass is 15.2. The Morgan fingerprint density at radius 1 is 0.650 bits per heavy atom. The SMILES string of the molecule is [2H]c1c([2H])c([2H])c2c(c1[2H])-c1c(c([2H])c([2H])c3c1c1c([2H])c([2H])c([2H])c([2H])c1n3-c1nc(-c3ccccc3)nc(-c3ccccc3)n1)C2(C([2H])([2H])[2H])C([2H])([2H])[2H]. The molecule has 0 saturated heterocycles. The van der Waals surface area contributed by atoms with Crippen LogP contribution in [0.1, 0.15) is 46.8 Å². The van der Waals surface area contributed by atoms with Crippen LogP contribution in [0.25, 0.3) is 61.7 Å². The Hall–Kier alpha value is -5.09. The minimum atomic E-state index is -3.62. The van der Waals surface area contributed by atoms with Gasteiger partial charge in [0.2, 0.25) is 5.95 Å². The molecular weight excluding hydrogens is 488 g/mol. The largest absolute Gasteiger partial charge is 0.278 e. The molecule has 0 saturated carbocycles. The first-order chi connectivity index (χ1) is 26.3. The van der Waals surface area contributed by atoms with Gasteiger partial charge in [0.15, 0.2) is 11.6 Å². The lowest BCUT2D eigenvalue weighted by atomic mass is 9.82. The molecule has 0 spiro atoms. The van der Waals surface area contributed by atoms with Crippen molar-refractivity contribution < 1.29 is 21.9 Å². The minimum Gasteiger partial charge on any atom is -0.278 e. The zero-order chi connectivity index (χ0) is 40.5. The van der Waals surface area contributed by atoms with Crippen LogP contribution in [-0.2, 0) is 5.41 Å². The van der Waals surface area contributed by atoms with Crippen LogP contribution in [0.2, 0.25) is 0 Å². The van der Waals surface area contributed by atoms with E-state index in [2.05, 4.69) is 4.98 Å². The molecule has 1 aliphatic rings. The quantitative estimate of drug-likeness (QED) is 0.230. The van der Waals surface area contributed by atoms with Gasteiger partial charge in [-0.05, 0) is 34.3 Å². The number of fused-ring (bicyclic) bond motifs is 7. The molecule has 4 heteroatoms. The fraction of sp³-hybridized carbons (Fsp3) is 0.0833. The van der Waals surface area contributed by atoms with Crippen LogP contribution in [0.3, 0.4) is 0 Å². The van der Waals surface area contributed by atoms with E-state index in [0.717, 1.165) is 4.57 Å². The van der Waals surface area contributed by atoms with Crippen LogP contribution in [0.15, 0.2) is 121 Å². The standard InChI is InChI=1S/C36H26N4/c1-36(2)27-19-11-9-17-25(27)31-28(36)21-22-30-32(31)26-18-10-12-20-29(26)40(30)35-38-33(23-13-5-3-6-14-23)37-34(39-35)24-15-7-4-8-16-24/h3-22H,1-2H3/i1D3,2D3,9D,10D,11D,12D,17D,18D,19D,20D,21D,22D. The van der Waals surface area contributed by atoms with Gasteiger partial charge in [-0.2, -0.15) is 9.97 Å². The second kappa shape index (κ2) is 8.45. The second-order valence-electron chi connectivity index (χ2n) is 9.30. The van der Waals surface area contributed by atoms with E-state index in [0.29, 0.717) is 11.1 Å². The molecule has 0 radical (unpaired) electrons. The molecule has 40 heavy (non-hydrogen) atoms. The molecule has 5 aromatic carbocycles. The lowest BCUT2D eigenvalue weighted by Gasteiger charge is -2.21. The Morgan fingerprint density at radius 2 is 1.30 bits per heavy atom. The third-order valence-corrected chi connectivity index (χ3v) is 6.98. The normalized spacial score (nSPS) is 19.8. The lowest BCUT2D eigenvalue weighted by molar-refractivity contribution is 0.661. The van der Waals surface area contributed by atoms with Crippen molar-refractivity contribution in [1.29, 1.82) is 0 Å². The summed E-state index contributed by atoms with van der Waals surface area (Å²) in [5, 5.41) is -0.684. The first-order valence-electron chi connectivity index (χ1n) is 20.3. The van der Waals surface area contributed by atoms with Gasteiger partial charge >= 0.3 is 0 Å². The van der Waals surface area contributed by atoms with E-state index in [1.807, 2.05) is 0 Å². The minimum absolute atomic E-state index is 0.118. The van der Waals surface area contributed by atoms with Gasteiger partial charge in [0, 0.05) is 35.5 Å². The van der Waals surface area contributed by atoms with Crippen LogP contribution in [0, 0.1) is 0 Å². The fourth-order valence-corrected chi connectivity index (χ4v) is 5.20. The molecule has 190 valence electrons. The summed E-state index contributed by atoms with van der Waals surface area (Å²) in [6.45, 7) is -7.24. The van der Waals surface area contributed by atoms with E-state index in [4.69, 9.17) is 26.4 Å². The van der Waals surface area contributed by atoms with E-state index in [1.165, 1.54) is 0 Å². The maximum Gasteiger partial charge on any atom is 0.238 e. The van der Waals surface area contributed by atoms with Crippen LogP contribution >= 0.6 is 0 Å². The van der Waals surface area contributed by atoms with Crippen molar-refractivity contribution in [2.45, 2.75) is 19.1 Å². The molecule has 2 aromatic heterocycles. The first kappa shape index (κ1) is 12.0. The highest BCUT2D eigenvalue weighted by molar-refractivity contribution is 6.17. The summed E-state index contributed by atoms with van der Waals surface area (Å²) in [5.41, 5.74) is -5.62. The molecule has 0 N–H and O–H groups in total. The Bertz CT molecular complexity index is 2760. The number of nitrogens with zero attached hydrogens (tertiary/aromatic N) is 4. The summed E-state index contributed by atoms with van der Waals surface area (Å²) in [4.78, 5) is 14.1. The van der Waals surface area contributed by atoms with Crippen LogP contribution < -0.4 is 0 Å². The summed E-state index contributed by atoms with van der Waals surface area (Å²) in [6, 6.07) is 9.32. The molecule has 0 bridgehead atoms. The molecule has 1 aliphatic carbocycles. The summed E-state index contributed by atoms with van der Waals surface area (Å²) in [5.74, 6) is -0.0404. The van der Waals surface area contributed by atoms with Crippen molar-refractivity contribution in [2.75, 3.05) is 0 Å². The summed E-state index contributed by atoms with van der Waals surface area (Å²) in [7, 11) is 0. The van der Waals surface area contributed by atoms with Gasteiger partial charge in [-0.25, -0.2) is 4.98 Å². The highest BCUT2D eigenvalue weighted by Crippen LogP contribution is 2.53. The maximum atomic E-state index is 9.52. The van der Waals surface area contributed by atoms with E-state index >= 15 is 0 Å². The van der Waals surface area contributed by atoms with Crippen LogP contribution in [0.4, 0.5) is 0 Å². The predicted molar refractivity (Wildman–Crippen MR) is 163 cm³/mol. The molecule has 0 unspecified atom stereocenters. The number of hydrogen-bond donors (Lipinski definition) is 0. The molecule has 4 nitrogen and oxygen atoms in total. The second-order valence-corrected chi connectivity index (χ2v) is 9.30. The molecule has 0 atom stereocenters. The predicted octanol–water partition coefficient (Wildman–Crippen LogP) is 8.61. The Labute approximate surface area is 255 Å². The van der Waals surface area contributed by atoms with Gasteiger partial charge in [-0.3, -0.25) is 4.57 Å². The third-order valence-electron chi connectivity index (χ3n) is 6.98. The Balaban J connectivity index is 1.70. The highest BCUT2D eigenvalue weighted by Gasteiger charge is 2.37. The topological polar surface area (TPSA) is 43.6 Å². The average molecular weight is 531 g/mol. The van der Waals surface area contributed by atoms with Gasteiger partial charge in [-0.15, -0.1) is 0 Å². The van der Waals surface area contributed by atoms with E-state index < -0.39 is 102 Å². The Kier molecular flexibility index (Phi) is 2.53. The first-order valence-corrected chi connectivity index (χ1v) is 12.3. The molecule has 0 amide bonds. The average Bonchev–Trinajstić information content (AvgIpc) is 3.70. The van der Waals surface area contributed by atoms with Crippen molar-refractivity contribution in [3.8, 4) is 39.9 Å². The number of para-hydroxylation sites is 1. The summed E-state index contributed by atoms with van der Waals surface area (Å²) >= 11 is 0. The monoisotopic (exact) mass is 530 g/mol. The summed E-state index contributed by atoms with van der Waals surface area (Å²) < 4.78 is 143. The zero-order valence-electron chi connectivity index (χ0n) is 36.6. The van der Waals surface area contributed by atoms with E-state index in [1.54, 1.807) is 60.7 Å². The summed E-state index contributed by atoms with van der Waals surface area (Å²) in [6.07, 6.45) is 0. The molecule has 0 aliphatic heterocycles. The van der Waals surface area contributed by atoms with Crippen molar-refractivity contribution in [2.24, 2.45) is 0 Å².